The average Bonchev–Trinajstić information content (AvgIpc) is 3.01. The number of hydrogen-bond donors (Lipinski definition) is 6. The summed E-state index contributed by atoms with van der Waals surface area (Å²) in [6, 6.07) is 15.5. The number of halogens is 3. The molecule has 0 radical (unpaired) electrons. The number of urea groups is 2. The molecule has 254 valence electrons. The van der Waals surface area contributed by atoms with Crippen molar-refractivity contribution >= 4 is 50.6 Å². The maximum absolute atomic E-state index is 13.2. The van der Waals surface area contributed by atoms with Crippen LogP contribution < -0.4 is 26.6 Å². The molecule has 48 heavy (non-hydrogen) atoms. The van der Waals surface area contributed by atoms with Gasteiger partial charge in [0.1, 0.15) is 5.82 Å². The van der Waals surface area contributed by atoms with Crippen LogP contribution in [-0.4, -0.2) is 56.3 Å². The molecule has 0 bridgehead atoms. The van der Waals surface area contributed by atoms with E-state index in [1.807, 2.05) is 0 Å². The molecule has 0 fully saturated rings. The van der Waals surface area contributed by atoms with Gasteiger partial charge < -0.3 is 31.7 Å². The molecule has 0 saturated carbocycles. The molecule has 4 rings (SSSR count). The predicted molar refractivity (Wildman–Crippen MR) is 180 cm³/mol. The van der Waals surface area contributed by atoms with Gasteiger partial charge in [-0.25, -0.2) is 18.8 Å². The third-order valence-corrected chi connectivity index (χ3v) is 8.19. The SMILES string of the molecule is CC(C)NC(=O)N=S(C)(=O)c1cccc(Nc2ncc(-c3ccc(NC(=O)Nc4cccc(C(F)(F)F)c4)cc3)c(NC(C)CO)n2)c1. The monoisotopic (exact) mass is 684 g/mol. The van der Waals surface area contributed by atoms with Gasteiger partial charge in [-0.3, -0.25) is 0 Å². The summed E-state index contributed by atoms with van der Waals surface area (Å²) in [7, 11) is -3.05. The van der Waals surface area contributed by atoms with Crippen LogP contribution in [0, 0.1) is 0 Å². The first kappa shape index (κ1) is 35.6. The third kappa shape index (κ3) is 9.89. The van der Waals surface area contributed by atoms with Crippen molar-refractivity contribution in [1.82, 2.24) is 15.3 Å². The second-order valence-corrected chi connectivity index (χ2v) is 13.3. The molecular formula is C32H35F3N8O4S. The highest BCUT2D eigenvalue weighted by molar-refractivity contribution is 7.93. The number of carbonyl (C=O) groups is 2. The number of carbonyl (C=O) groups excluding carboxylic acids is 2. The standard InChI is InChI=1S/C32H35F3N8O4S/c1-19(2)37-31(46)43-48(4,47)26-10-6-9-25(16-26)39-29-36-17-27(28(42-29)38-20(3)18-44)21-11-13-23(14-12-21)40-30(45)41-24-8-5-7-22(15-24)32(33,34)35/h5-17,19-20,44H,18H2,1-4H3,(H,37,46)(H2,40,41,45)(H2,36,38,39,42). The van der Waals surface area contributed by atoms with E-state index in [9.17, 15) is 32.1 Å². The summed E-state index contributed by atoms with van der Waals surface area (Å²) in [6.45, 7) is 5.12. The van der Waals surface area contributed by atoms with Crippen molar-refractivity contribution in [3.05, 3.63) is 84.6 Å². The lowest BCUT2D eigenvalue weighted by Crippen LogP contribution is -2.28. The van der Waals surface area contributed by atoms with E-state index in [1.54, 1.807) is 75.5 Å². The largest absolute Gasteiger partial charge is 0.416 e. The van der Waals surface area contributed by atoms with Crippen molar-refractivity contribution in [1.29, 1.82) is 0 Å². The van der Waals surface area contributed by atoms with Crippen LogP contribution in [0.4, 0.5) is 51.6 Å². The molecule has 6 N–H and O–H groups in total. The van der Waals surface area contributed by atoms with E-state index in [2.05, 4.69) is 40.9 Å². The molecular weight excluding hydrogens is 649 g/mol. The lowest BCUT2D eigenvalue weighted by molar-refractivity contribution is -0.137. The zero-order valence-electron chi connectivity index (χ0n) is 26.4. The summed E-state index contributed by atoms with van der Waals surface area (Å²) in [4.78, 5) is 33.9. The Morgan fingerprint density at radius 3 is 2.27 bits per heavy atom. The van der Waals surface area contributed by atoms with Crippen LogP contribution in [0.5, 0.6) is 0 Å². The second-order valence-electron chi connectivity index (χ2n) is 11.1. The summed E-state index contributed by atoms with van der Waals surface area (Å²) in [6.07, 6.45) is -1.61. The van der Waals surface area contributed by atoms with Crippen LogP contribution in [-0.2, 0) is 15.9 Å². The minimum Gasteiger partial charge on any atom is -0.394 e. The molecule has 2 unspecified atom stereocenters. The Labute approximate surface area is 275 Å². The zero-order chi connectivity index (χ0) is 35.1. The van der Waals surface area contributed by atoms with Gasteiger partial charge in [0.25, 0.3) is 0 Å². The fraction of sp³-hybridized carbons (Fsp3) is 0.250. The Hall–Kier alpha value is -5.22. The van der Waals surface area contributed by atoms with Crippen LogP contribution in [0.2, 0.25) is 0 Å². The molecule has 0 saturated heterocycles. The van der Waals surface area contributed by atoms with E-state index >= 15 is 0 Å². The Kier molecular flexibility index (Phi) is 11.2. The smallest absolute Gasteiger partial charge is 0.394 e. The second kappa shape index (κ2) is 15.1. The minimum atomic E-state index is -4.54. The Morgan fingerprint density at radius 2 is 1.60 bits per heavy atom. The quantitative estimate of drug-likeness (QED) is 0.105. The lowest BCUT2D eigenvalue weighted by atomic mass is 10.1. The first-order chi connectivity index (χ1) is 22.6. The van der Waals surface area contributed by atoms with Crippen molar-refractivity contribution in [2.75, 3.05) is 34.1 Å². The van der Waals surface area contributed by atoms with Gasteiger partial charge in [0.15, 0.2) is 0 Å². The summed E-state index contributed by atoms with van der Waals surface area (Å²) < 4.78 is 56.1. The van der Waals surface area contributed by atoms with Crippen LogP contribution in [0.25, 0.3) is 11.1 Å². The Balaban J connectivity index is 1.52. The lowest BCUT2D eigenvalue weighted by Gasteiger charge is -2.17. The third-order valence-electron chi connectivity index (χ3n) is 6.54. The van der Waals surface area contributed by atoms with E-state index in [1.165, 1.54) is 18.4 Å². The molecule has 1 heterocycles. The van der Waals surface area contributed by atoms with Gasteiger partial charge in [0.2, 0.25) is 5.95 Å². The van der Waals surface area contributed by atoms with Gasteiger partial charge in [-0.2, -0.15) is 18.2 Å². The number of alkyl halides is 3. The fourth-order valence-electron chi connectivity index (χ4n) is 4.26. The molecule has 0 aliphatic heterocycles. The van der Waals surface area contributed by atoms with Gasteiger partial charge in [-0.15, -0.1) is 4.36 Å². The maximum atomic E-state index is 13.2. The van der Waals surface area contributed by atoms with Crippen LogP contribution >= 0.6 is 0 Å². The van der Waals surface area contributed by atoms with E-state index in [-0.39, 0.29) is 30.3 Å². The fourth-order valence-corrected chi connectivity index (χ4v) is 5.42. The number of aliphatic hydroxyl groups excluding tert-OH is 1. The molecule has 0 spiro atoms. The van der Waals surface area contributed by atoms with Crippen molar-refractivity contribution in [3.8, 4) is 11.1 Å². The van der Waals surface area contributed by atoms with Crippen LogP contribution in [0.15, 0.2) is 88.3 Å². The predicted octanol–water partition coefficient (Wildman–Crippen LogP) is 6.92. The van der Waals surface area contributed by atoms with Gasteiger partial charge in [0, 0.05) is 52.1 Å². The molecule has 16 heteroatoms. The maximum Gasteiger partial charge on any atom is 0.416 e. The number of nitrogens with one attached hydrogen (secondary N) is 5. The minimum absolute atomic E-state index is 0.0161. The average molecular weight is 685 g/mol. The number of aromatic nitrogens is 2. The number of anilines is 5. The number of amides is 4. The number of rotatable bonds is 10. The molecule has 4 amide bonds. The highest BCUT2D eigenvalue weighted by Crippen LogP contribution is 2.31. The Morgan fingerprint density at radius 1 is 0.938 bits per heavy atom. The van der Waals surface area contributed by atoms with Crippen LogP contribution in [0.3, 0.4) is 0 Å². The van der Waals surface area contributed by atoms with E-state index in [0.717, 1.165) is 12.1 Å². The number of nitrogens with zero attached hydrogens (tertiary/aromatic N) is 3. The van der Waals surface area contributed by atoms with Crippen molar-refractivity contribution < 1.29 is 32.1 Å². The van der Waals surface area contributed by atoms with E-state index in [4.69, 9.17) is 0 Å². The summed E-state index contributed by atoms with van der Waals surface area (Å²) in [5, 5.41) is 23.4. The van der Waals surface area contributed by atoms with E-state index < -0.39 is 33.5 Å². The molecule has 4 aromatic rings. The first-order valence-electron chi connectivity index (χ1n) is 14.6. The summed E-state index contributed by atoms with van der Waals surface area (Å²) in [5.41, 5.74) is 1.20. The van der Waals surface area contributed by atoms with E-state index in [0.29, 0.717) is 33.2 Å². The molecule has 0 aliphatic rings. The van der Waals surface area contributed by atoms with Gasteiger partial charge in [-0.1, -0.05) is 24.3 Å². The molecule has 2 atom stereocenters. The first-order valence-corrected chi connectivity index (χ1v) is 16.5. The zero-order valence-corrected chi connectivity index (χ0v) is 27.2. The summed E-state index contributed by atoms with van der Waals surface area (Å²) in [5.74, 6) is 0.568. The molecule has 3 aromatic carbocycles. The number of hydrogen-bond acceptors (Lipinski definition) is 8. The van der Waals surface area contributed by atoms with Gasteiger partial charge in [0.05, 0.1) is 21.9 Å². The van der Waals surface area contributed by atoms with Gasteiger partial charge in [-0.05, 0) is 74.9 Å². The normalized spacial score (nSPS) is 13.2. The summed E-state index contributed by atoms with van der Waals surface area (Å²) >= 11 is 0. The van der Waals surface area contributed by atoms with Gasteiger partial charge >= 0.3 is 18.2 Å². The highest BCUT2D eigenvalue weighted by Gasteiger charge is 2.30. The molecule has 12 nitrogen and oxygen atoms in total. The Bertz CT molecular complexity index is 1900. The van der Waals surface area contributed by atoms with Crippen molar-refractivity contribution in [3.63, 3.8) is 0 Å². The number of benzene rings is 3. The molecule has 0 aliphatic carbocycles. The number of aliphatic hydroxyl groups is 1. The van der Waals surface area contributed by atoms with Crippen molar-refractivity contribution in [2.24, 2.45) is 4.36 Å². The van der Waals surface area contributed by atoms with Crippen LogP contribution in [0.1, 0.15) is 26.3 Å². The highest BCUT2D eigenvalue weighted by atomic mass is 32.2. The van der Waals surface area contributed by atoms with Crippen molar-refractivity contribution in [2.45, 2.75) is 43.9 Å². The molecule has 1 aromatic heterocycles. The topological polar surface area (TPSA) is 170 Å².